The first-order valence-electron chi connectivity index (χ1n) is 10.6. The van der Waals surface area contributed by atoms with Crippen molar-refractivity contribution in [3.8, 4) is 5.75 Å². The maximum absolute atomic E-state index is 13.9. The molecule has 1 heterocycles. The van der Waals surface area contributed by atoms with E-state index in [2.05, 4.69) is 0 Å². The van der Waals surface area contributed by atoms with Crippen LogP contribution in [0.1, 0.15) is 24.8 Å². The van der Waals surface area contributed by atoms with Gasteiger partial charge >= 0.3 is 0 Å². The Hall–Kier alpha value is -2.65. The van der Waals surface area contributed by atoms with Crippen molar-refractivity contribution in [1.82, 2.24) is 4.90 Å². The fraction of sp³-hybridized carbons (Fsp3) is 0.435. The summed E-state index contributed by atoms with van der Waals surface area (Å²) in [5.41, 5.74) is 1.54. The number of halogens is 1. The van der Waals surface area contributed by atoms with E-state index in [0.29, 0.717) is 25.3 Å². The van der Waals surface area contributed by atoms with Crippen LogP contribution in [0.3, 0.4) is 0 Å². The molecule has 1 N–H and O–H groups in total. The van der Waals surface area contributed by atoms with Crippen molar-refractivity contribution in [2.45, 2.75) is 42.8 Å². The van der Waals surface area contributed by atoms with Crippen LogP contribution in [0, 0.1) is 5.82 Å². The monoisotopic (exact) mass is 462 g/mol. The molecule has 0 spiro atoms. The molecule has 2 aromatic rings. The zero-order chi connectivity index (χ0) is 22.9. The highest BCUT2D eigenvalue weighted by Gasteiger charge is 2.34. The van der Waals surface area contributed by atoms with Crippen LogP contribution in [0.5, 0.6) is 5.75 Å². The molecule has 1 amide bonds. The van der Waals surface area contributed by atoms with Crippen molar-refractivity contribution in [2.75, 3.05) is 30.9 Å². The Bertz CT molecular complexity index is 1090. The van der Waals surface area contributed by atoms with Gasteiger partial charge in [0.05, 0.1) is 4.90 Å². The van der Waals surface area contributed by atoms with Crippen LogP contribution >= 0.6 is 0 Å². The highest BCUT2D eigenvalue weighted by molar-refractivity contribution is 7.90. The summed E-state index contributed by atoms with van der Waals surface area (Å²) in [6, 6.07) is 10.8. The molecule has 2 aromatic carbocycles. The molecule has 1 saturated carbocycles. The molecular weight excluding hydrogens is 435 g/mol. The summed E-state index contributed by atoms with van der Waals surface area (Å²) >= 11 is 0. The molecule has 1 fully saturated rings. The Morgan fingerprint density at radius 2 is 1.91 bits per heavy atom. The second-order valence-electron chi connectivity index (χ2n) is 8.43. The summed E-state index contributed by atoms with van der Waals surface area (Å²) < 4.78 is 42.7. The van der Waals surface area contributed by atoms with E-state index in [4.69, 9.17) is 4.74 Å². The predicted octanol–water partition coefficient (Wildman–Crippen LogP) is 2.37. The molecule has 32 heavy (non-hydrogen) atoms. The number of carbonyl (C=O) groups excluding carboxylic acids is 1. The van der Waals surface area contributed by atoms with Gasteiger partial charge in [-0.2, -0.15) is 0 Å². The number of carbonyl (C=O) groups is 1. The van der Waals surface area contributed by atoms with Gasteiger partial charge in [0.2, 0.25) is 5.91 Å². The van der Waals surface area contributed by atoms with Crippen molar-refractivity contribution < 1.29 is 27.4 Å². The number of sulfone groups is 1. The summed E-state index contributed by atoms with van der Waals surface area (Å²) in [4.78, 5) is 16.6. The summed E-state index contributed by atoms with van der Waals surface area (Å²) in [6.45, 7) is 0.997. The van der Waals surface area contributed by atoms with Crippen molar-refractivity contribution in [3.63, 3.8) is 0 Å². The standard InChI is InChI=1S/C23H27FN2O5S/c1-32(29,30)21-7-5-20(6-8-21)31-15-19(27)14-25-11-10-23(28)26(18-3-4-18)13-16-12-17(24)2-9-22(16)25/h2,5-9,12,18-19,27H,3-4,10-11,13-15H2,1H3/t19-/m1/s1. The largest absolute Gasteiger partial charge is 0.491 e. The molecular formula is C23H27FN2O5S. The maximum Gasteiger partial charge on any atom is 0.224 e. The van der Waals surface area contributed by atoms with Crippen molar-refractivity contribution >= 4 is 21.4 Å². The van der Waals surface area contributed by atoms with Gasteiger partial charge in [-0.15, -0.1) is 0 Å². The Morgan fingerprint density at radius 3 is 2.56 bits per heavy atom. The second kappa shape index (κ2) is 9.07. The van der Waals surface area contributed by atoms with Crippen LogP contribution in [0.15, 0.2) is 47.4 Å². The maximum atomic E-state index is 13.9. The normalized spacial score (nSPS) is 18.0. The van der Waals surface area contributed by atoms with E-state index in [1.165, 1.54) is 24.3 Å². The first kappa shape index (κ1) is 22.5. The average Bonchev–Trinajstić information content (AvgIpc) is 3.57. The van der Waals surface area contributed by atoms with Crippen molar-refractivity contribution in [3.05, 3.63) is 53.8 Å². The zero-order valence-electron chi connectivity index (χ0n) is 17.9. The van der Waals surface area contributed by atoms with E-state index >= 15 is 0 Å². The van der Waals surface area contributed by atoms with Crippen LogP contribution in [0.25, 0.3) is 0 Å². The third-order valence-electron chi connectivity index (χ3n) is 5.75. The van der Waals surface area contributed by atoms with Crippen LogP contribution in [-0.2, 0) is 21.2 Å². The SMILES string of the molecule is CS(=O)(=O)c1ccc(OC[C@H](O)CN2CCC(=O)N(C3CC3)Cc3cc(F)ccc32)cc1. The molecule has 1 aliphatic heterocycles. The highest BCUT2D eigenvalue weighted by atomic mass is 32.2. The van der Waals surface area contributed by atoms with Crippen LogP contribution in [0.4, 0.5) is 10.1 Å². The lowest BCUT2D eigenvalue weighted by Gasteiger charge is -2.34. The smallest absolute Gasteiger partial charge is 0.224 e. The Kier molecular flexibility index (Phi) is 6.39. The fourth-order valence-corrected chi connectivity index (χ4v) is 4.58. The number of nitrogens with zero attached hydrogens (tertiary/aromatic N) is 2. The van der Waals surface area contributed by atoms with Gasteiger partial charge in [-0.05, 0) is 60.9 Å². The van der Waals surface area contributed by atoms with E-state index in [9.17, 15) is 22.7 Å². The van der Waals surface area contributed by atoms with E-state index < -0.39 is 15.9 Å². The molecule has 0 aromatic heterocycles. The molecule has 172 valence electrons. The van der Waals surface area contributed by atoms with Gasteiger partial charge in [0.15, 0.2) is 9.84 Å². The fourth-order valence-electron chi connectivity index (χ4n) is 3.95. The van der Waals surface area contributed by atoms with Crippen LogP contribution in [0.2, 0.25) is 0 Å². The summed E-state index contributed by atoms with van der Waals surface area (Å²) in [5.74, 6) is 0.139. The lowest BCUT2D eigenvalue weighted by molar-refractivity contribution is -0.132. The number of amides is 1. The van der Waals surface area contributed by atoms with E-state index in [1.807, 2.05) is 9.80 Å². The van der Waals surface area contributed by atoms with Crippen molar-refractivity contribution in [1.29, 1.82) is 0 Å². The Labute approximate surface area is 187 Å². The van der Waals surface area contributed by atoms with E-state index in [-0.39, 0.29) is 35.8 Å². The number of ether oxygens (including phenoxy) is 1. The third-order valence-corrected chi connectivity index (χ3v) is 6.88. The number of rotatable bonds is 7. The van der Waals surface area contributed by atoms with Gasteiger partial charge in [-0.25, -0.2) is 12.8 Å². The topological polar surface area (TPSA) is 87.1 Å². The number of fused-ring (bicyclic) bond motifs is 1. The average molecular weight is 463 g/mol. The molecule has 9 heteroatoms. The lowest BCUT2D eigenvalue weighted by Crippen LogP contribution is -2.42. The summed E-state index contributed by atoms with van der Waals surface area (Å²) in [7, 11) is -3.29. The first-order chi connectivity index (χ1) is 15.2. The molecule has 1 atom stereocenters. The number of β-amino-alcohol motifs (C(OH)–C–C–N with tert-alkyl or cyclic N) is 1. The number of benzene rings is 2. The number of aliphatic hydroxyl groups is 1. The first-order valence-corrected chi connectivity index (χ1v) is 12.5. The Balaban J connectivity index is 1.43. The molecule has 0 radical (unpaired) electrons. The van der Waals surface area contributed by atoms with Gasteiger partial charge in [0.1, 0.15) is 24.3 Å². The molecule has 4 rings (SSSR count). The molecule has 1 aliphatic carbocycles. The van der Waals surface area contributed by atoms with Crippen LogP contribution < -0.4 is 9.64 Å². The van der Waals surface area contributed by atoms with Gasteiger partial charge in [-0.3, -0.25) is 4.79 Å². The minimum Gasteiger partial charge on any atom is -0.491 e. The zero-order valence-corrected chi connectivity index (χ0v) is 18.7. The quantitative estimate of drug-likeness (QED) is 0.680. The number of anilines is 1. The summed E-state index contributed by atoms with van der Waals surface area (Å²) in [6.07, 6.45) is 2.57. The number of aliphatic hydroxyl groups excluding tert-OH is 1. The van der Waals surface area contributed by atoms with E-state index in [1.54, 1.807) is 18.2 Å². The van der Waals surface area contributed by atoms with Gasteiger partial charge in [0.25, 0.3) is 0 Å². The summed E-state index contributed by atoms with van der Waals surface area (Å²) in [5, 5.41) is 10.6. The molecule has 7 nitrogen and oxygen atoms in total. The van der Waals surface area contributed by atoms with Gasteiger partial charge in [-0.1, -0.05) is 0 Å². The van der Waals surface area contributed by atoms with Crippen LogP contribution in [-0.4, -0.2) is 62.4 Å². The number of hydrogen-bond acceptors (Lipinski definition) is 6. The second-order valence-corrected chi connectivity index (χ2v) is 10.4. The van der Waals surface area contributed by atoms with Gasteiger partial charge in [0, 0.05) is 44.0 Å². The molecule has 0 bridgehead atoms. The number of hydrogen-bond donors (Lipinski definition) is 1. The predicted molar refractivity (Wildman–Crippen MR) is 118 cm³/mol. The van der Waals surface area contributed by atoms with Gasteiger partial charge < -0.3 is 19.6 Å². The molecule has 2 aliphatic rings. The third kappa shape index (κ3) is 5.39. The highest BCUT2D eigenvalue weighted by Crippen LogP contribution is 2.33. The van der Waals surface area contributed by atoms with Crippen molar-refractivity contribution in [2.24, 2.45) is 0 Å². The Morgan fingerprint density at radius 1 is 1.19 bits per heavy atom. The molecule has 0 unspecified atom stereocenters. The minimum absolute atomic E-state index is 0.00655. The van der Waals surface area contributed by atoms with E-state index in [0.717, 1.165) is 30.3 Å². The molecule has 0 saturated heterocycles. The lowest BCUT2D eigenvalue weighted by atomic mass is 10.1. The minimum atomic E-state index is -3.29.